The van der Waals surface area contributed by atoms with Crippen LogP contribution >= 0.6 is 0 Å². The summed E-state index contributed by atoms with van der Waals surface area (Å²) < 4.78 is 12.0. The molecule has 1 unspecified atom stereocenters. The fourth-order valence-corrected chi connectivity index (χ4v) is 2.95. The van der Waals surface area contributed by atoms with Gasteiger partial charge in [-0.25, -0.2) is 4.79 Å². The van der Waals surface area contributed by atoms with Crippen molar-refractivity contribution in [3.8, 4) is 0 Å². The van der Waals surface area contributed by atoms with Crippen LogP contribution in [0.4, 0.5) is 0 Å². The number of carbonyl (C=O) groups excluding carboxylic acids is 1. The monoisotopic (exact) mass is 297 g/mol. The summed E-state index contributed by atoms with van der Waals surface area (Å²) in [6.45, 7) is 4.95. The zero-order valence-corrected chi connectivity index (χ0v) is 12.5. The molecule has 1 aromatic carbocycles. The fourth-order valence-electron chi connectivity index (χ4n) is 1.84. The third-order valence-corrected chi connectivity index (χ3v) is 4.13. The van der Waals surface area contributed by atoms with Gasteiger partial charge in [0, 0.05) is 29.6 Å². The molecule has 0 heterocycles. The highest BCUT2D eigenvalue weighted by Gasteiger charge is 2.14. The molecule has 0 aliphatic rings. The van der Waals surface area contributed by atoms with Crippen molar-refractivity contribution >= 4 is 22.7 Å². The standard InChI is InChI=1S/C14H19NO4S/c1-3-15(4-2)13(16)10-20(19)9-11-6-5-7-12(8-11)14(17)18/h5-8H,3-4,9-10H2,1-2H3,(H,17,18). The first-order chi connectivity index (χ1) is 9.47. The normalized spacial score (nSPS) is 11.9. The first-order valence-electron chi connectivity index (χ1n) is 6.42. The molecule has 20 heavy (non-hydrogen) atoms. The van der Waals surface area contributed by atoms with Crippen LogP contribution in [0.1, 0.15) is 29.8 Å². The minimum atomic E-state index is -1.33. The van der Waals surface area contributed by atoms with Crippen molar-refractivity contribution in [2.45, 2.75) is 19.6 Å². The molecule has 5 nitrogen and oxygen atoms in total. The Bertz CT molecular complexity index is 512. The smallest absolute Gasteiger partial charge is 0.335 e. The van der Waals surface area contributed by atoms with Crippen LogP contribution in [0.25, 0.3) is 0 Å². The van der Waals surface area contributed by atoms with E-state index in [0.29, 0.717) is 18.7 Å². The maximum atomic E-state index is 12.0. The number of carboxylic acids is 1. The zero-order chi connectivity index (χ0) is 15.1. The van der Waals surface area contributed by atoms with Gasteiger partial charge in [0.2, 0.25) is 5.91 Å². The van der Waals surface area contributed by atoms with E-state index in [9.17, 15) is 13.8 Å². The lowest BCUT2D eigenvalue weighted by atomic mass is 10.1. The van der Waals surface area contributed by atoms with Crippen LogP contribution in [-0.4, -0.2) is 44.9 Å². The van der Waals surface area contributed by atoms with E-state index in [2.05, 4.69) is 0 Å². The molecule has 0 radical (unpaired) electrons. The van der Waals surface area contributed by atoms with Crippen LogP contribution in [0.2, 0.25) is 0 Å². The van der Waals surface area contributed by atoms with Gasteiger partial charge in [-0.2, -0.15) is 0 Å². The van der Waals surface area contributed by atoms with Crippen LogP contribution in [0.3, 0.4) is 0 Å². The van der Waals surface area contributed by atoms with E-state index in [4.69, 9.17) is 5.11 Å². The molecule has 1 atom stereocenters. The summed E-state index contributed by atoms with van der Waals surface area (Å²) in [4.78, 5) is 24.3. The first kappa shape index (κ1) is 16.4. The van der Waals surface area contributed by atoms with Gasteiger partial charge in [-0.1, -0.05) is 12.1 Å². The molecule has 1 N–H and O–H groups in total. The lowest BCUT2D eigenvalue weighted by Crippen LogP contribution is -2.34. The van der Waals surface area contributed by atoms with Crippen LogP contribution in [-0.2, 0) is 21.3 Å². The van der Waals surface area contributed by atoms with E-state index in [0.717, 1.165) is 0 Å². The summed E-state index contributed by atoms with van der Waals surface area (Å²) in [5.74, 6) is -0.993. The summed E-state index contributed by atoms with van der Waals surface area (Å²) in [6.07, 6.45) is 0. The summed E-state index contributed by atoms with van der Waals surface area (Å²) in [5, 5.41) is 8.89. The van der Waals surface area contributed by atoms with Gasteiger partial charge >= 0.3 is 5.97 Å². The summed E-state index contributed by atoms with van der Waals surface area (Å²) >= 11 is 0. The van der Waals surface area contributed by atoms with E-state index in [-0.39, 0.29) is 23.0 Å². The maximum Gasteiger partial charge on any atom is 0.335 e. The van der Waals surface area contributed by atoms with Gasteiger partial charge in [0.05, 0.1) is 5.56 Å². The molecule has 0 fully saturated rings. The molecule has 0 saturated carbocycles. The van der Waals surface area contributed by atoms with Gasteiger partial charge in [0.15, 0.2) is 0 Å². The van der Waals surface area contributed by atoms with E-state index < -0.39 is 16.8 Å². The summed E-state index contributed by atoms with van der Waals surface area (Å²) in [7, 11) is -1.33. The predicted molar refractivity (Wildman–Crippen MR) is 78.0 cm³/mol. The van der Waals surface area contributed by atoms with Gasteiger partial charge in [-0.3, -0.25) is 9.00 Å². The van der Waals surface area contributed by atoms with Gasteiger partial charge in [0.25, 0.3) is 0 Å². The van der Waals surface area contributed by atoms with Gasteiger partial charge < -0.3 is 10.0 Å². The Morgan fingerprint density at radius 2 is 1.90 bits per heavy atom. The number of rotatable bonds is 7. The molecule has 1 rings (SSSR count). The summed E-state index contributed by atoms with van der Waals surface area (Å²) in [6, 6.07) is 6.30. The lowest BCUT2D eigenvalue weighted by Gasteiger charge is -2.18. The first-order valence-corrected chi connectivity index (χ1v) is 7.91. The molecule has 0 aromatic heterocycles. The van der Waals surface area contributed by atoms with E-state index >= 15 is 0 Å². The highest BCUT2D eigenvalue weighted by molar-refractivity contribution is 7.84. The molecule has 6 heteroatoms. The van der Waals surface area contributed by atoms with Crippen molar-refractivity contribution < 1.29 is 18.9 Å². The second kappa shape index (κ2) is 7.79. The minimum absolute atomic E-state index is 0.0288. The Labute approximate surface area is 121 Å². The molecular formula is C14H19NO4S. The highest BCUT2D eigenvalue weighted by Crippen LogP contribution is 2.08. The number of nitrogens with zero attached hydrogens (tertiary/aromatic N) is 1. The molecule has 1 amide bonds. The maximum absolute atomic E-state index is 12.0. The van der Waals surface area contributed by atoms with Gasteiger partial charge in [-0.05, 0) is 31.5 Å². The van der Waals surface area contributed by atoms with Crippen LogP contribution in [0.5, 0.6) is 0 Å². The Morgan fingerprint density at radius 1 is 1.25 bits per heavy atom. The Morgan fingerprint density at radius 3 is 2.45 bits per heavy atom. The van der Waals surface area contributed by atoms with Crippen molar-refractivity contribution in [3.05, 3.63) is 35.4 Å². The molecule has 0 spiro atoms. The molecule has 0 saturated heterocycles. The number of benzene rings is 1. The van der Waals surface area contributed by atoms with Crippen LogP contribution in [0, 0.1) is 0 Å². The lowest BCUT2D eigenvalue weighted by molar-refractivity contribution is -0.128. The Balaban J connectivity index is 2.65. The third-order valence-electron chi connectivity index (χ3n) is 2.90. The highest BCUT2D eigenvalue weighted by atomic mass is 32.2. The van der Waals surface area contributed by atoms with Crippen molar-refractivity contribution in [1.29, 1.82) is 0 Å². The Kier molecular flexibility index (Phi) is 6.38. The number of hydrogen-bond acceptors (Lipinski definition) is 3. The number of carbonyl (C=O) groups is 2. The summed E-state index contributed by atoms with van der Waals surface area (Å²) in [5.41, 5.74) is 0.824. The minimum Gasteiger partial charge on any atom is -0.478 e. The SMILES string of the molecule is CCN(CC)C(=O)CS(=O)Cc1cccc(C(=O)O)c1. The zero-order valence-electron chi connectivity index (χ0n) is 11.7. The number of carboxylic acid groups (broad SMARTS) is 1. The van der Waals surface area contributed by atoms with Crippen LogP contribution in [0.15, 0.2) is 24.3 Å². The fraction of sp³-hybridized carbons (Fsp3) is 0.429. The second-order valence-corrected chi connectivity index (χ2v) is 5.76. The van der Waals surface area contributed by atoms with Crippen LogP contribution < -0.4 is 0 Å². The third kappa shape index (κ3) is 4.77. The van der Waals surface area contributed by atoms with E-state index in [1.807, 2.05) is 13.8 Å². The van der Waals surface area contributed by atoms with Crippen molar-refractivity contribution in [3.63, 3.8) is 0 Å². The van der Waals surface area contributed by atoms with Gasteiger partial charge in [-0.15, -0.1) is 0 Å². The van der Waals surface area contributed by atoms with Gasteiger partial charge in [0.1, 0.15) is 5.75 Å². The molecule has 1 aromatic rings. The van der Waals surface area contributed by atoms with E-state index in [1.54, 1.807) is 17.0 Å². The number of aromatic carboxylic acids is 1. The van der Waals surface area contributed by atoms with Crippen molar-refractivity contribution in [2.24, 2.45) is 0 Å². The number of amides is 1. The topological polar surface area (TPSA) is 74.7 Å². The second-order valence-electron chi connectivity index (χ2n) is 4.30. The number of hydrogen-bond donors (Lipinski definition) is 1. The molecule has 0 aliphatic carbocycles. The Hall–Kier alpha value is -1.69. The quantitative estimate of drug-likeness (QED) is 0.827. The largest absolute Gasteiger partial charge is 0.478 e. The van der Waals surface area contributed by atoms with E-state index in [1.165, 1.54) is 12.1 Å². The predicted octanol–water partition coefficient (Wildman–Crippen LogP) is 1.50. The average molecular weight is 297 g/mol. The van der Waals surface area contributed by atoms with Crippen molar-refractivity contribution in [1.82, 2.24) is 4.90 Å². The molecule has 0 aliphatic heterocycles. The van der Waals surface area contributed by atoms with Crippen molar-refractivity contribution in [2.75, 3.05) is 18.8 Å². The average Bonchev–Trinajstić information content (AvgIpc) is 2.40. The molecule has 0 bridgehead atoms. The molecular weight excluding hydrogens is 278 g/mol. The molecule has 110 valence electrons.